The Bertz CT molecular complexity index is 736. The number of hydrogen-bond donors (Lipinski definition) is 1. The van der Waals surface area contributed by atoms with E-state index in [1.54, 1.807) is 0 Å². The molecule has 8 heteroatoms. The van der Waals surface area contributed by atoms with E-state index in [0.29, 0.717) is 6.54 Å². The summed E-state index contributed by atoms with van der Waals surface area (Å²) in [6, 6.07) is 5.68. The standard InChI is InChI=1S/C15H24N2O4S2/c1-13-7-10-17(11-8-13)12-9-16-23(20,21)15-6-4-3-5-14(15)22(2,18)19/h3-6,13,16H,7-12H2,1-2H3. The van der Waals surface area contributed by atoms with Gasteiger partial charge in [0.1, 0.15) is 4.90 Å². The molecule has 0 aromatic heterocycles. The highest BCUT2D eigenvalue weighted by Gasteiger charge is 2.23. The number of nitrogens with zero attached hydrogens (tertiary/aromatic N) is 1. The fourth-order valence-corrected chi connectivity index (χ4v) is 5.33. The van der Waals surface area contributed by atoms with Gasteiger partial charge in [-0.25, -0.2) is 21.6 Å². The Balaban J connectivity index is 2.03. The molecule has 130 valence electrons. The summed E-state index contributed by atoms with van der Waals surface area (Å²) < 4.78 is 50.8. The van der Waals surface area contributed by atoms with E-state index in [-0.39, 0.29) is 16.3 Å². The van der Waals surface area contributed by atoms with Crippen molar-refractivity contribution < 1.29 is 16.8 Å². The van der Waals surface area contributed by atoms with Crippen LogP contribution in [0.5, 0.6) is 0 Å². The van der Waals surface area contributed by atoms with E-state index in [1.165, 1.54) is 24.3 Å². The van der Waals surface area contributed by atoms with Gasteiger partial charge < -0.3 is 4.90 Å². The number of piperidine rings is 1. The average Bonchev–Trinajstić information content (AvgIpc) is 2.48. The van der Waals surface area contributed by atoms with Crippen molar-refractivity contribution in [3.05, 3.63) is 24.3 Å². The minimum Gasteiger partial charge on any atom is -0.302 e. The third-order valence-corrected chi connectivity index (χ3v) is 6.94. The molecule has 0 atom stereocenters. The molecular formula is C15H24N2O4S2. The van der Waals surface area contributed by atoms with Crippen molar-refractivity contribution in [2.45, 2.75) is 29.6 Å². The predicted octanol–water partition coefficient (Wildman–Crippen LogP) is 1.10. The Labute approximate surface area is 138 Å². The maximum absolute atomic E-state index is 12.4. The van der Waals surface area contributed by atoms with Crippen molar-refractivity contribution in [1.82, 2.24) is 9.62 Å². The van der Waals surface area contributed by atoms with E-state index >= 15 is 0 Å². The van der Waals surface area contributed by atoms with Gasteiger partial charge in [0.05, 0.1) is 4.90 Å². The molecule has 0 unspecified atom stereocenters. The Morgan fingerprint density at radius 3 is 2.22 bits per heavy atom. The second kappa shape index (κ2) is 7.29. The number of benzene rings is 1. The molecule has 1 N–H and O–H groups in total. The van der Waals surface area contributed by atoms with Crippen LogP contribution in [0.25, 0.3) is 0 Å². The van der Waals surface area contributed by atoms with Gasteiger partial charge in [0.2, 0.25) is 10.0 Å². The second-order valence-corrected chi connectivity index (χ2v) is 9.86. The number of likely N-dealkylation sites (tertiary alicyclic amines) is 1. The van der Waals surface area contributed by atoms with E-state index in [1.807, 2.05) is 0 Å². The minimum absolute atomic E-state index is 0.167. The SMILES string of the molecule is CC1CCN(CCNS(=O)(=O)c2ccccc2S(C)(=O)=O)CC1. The molecule has 2 rings (SSSR count). The molecule has 1 aliphatic rings. The summed E-state index contributed by atoms with van der Waals surface area (Å²) in [7, 11) is -7.44. The summed E-state index contributed by atoms with van der Waals surface area (Å²) in [6.45, 7) is 5.08. The Kier molecular flexibility index (Phi) is 5.83. The van der Waals surface area contributed by atoms with Crippen LogP contribution in [0.4, 0.5) is 0 Å². The number of sulfonamides is 1. The van der Waals surface area contributed by atoms with Crippen LogP contribution < -0.4 is 4.72 Å². The lowest BCUT2D eigenvalue weighted by Gasteiger charge is -2.30. The van der Waals surface area contributed by atoms with Crippen molar-refractivity contribution in [2.75, 3.05) is 32.4 Å². The van der Waals surface area contributed by atoms with Gasteiger partial charge in [0, 0.05) is 19.3 Å². The zero-order valence-corrected chi connectivity index (χ0v) is 15.2. The average molecular weight is 361 g/mol. The highest BCUT2D eigenvalue weighted by molar-refractivity contribution is 7.93. The van der Waals surface area contributed by atoms with Gasteiger partial charge in [-0.05, 0) is 44.0 Å². The van der Waals surface area contributed by atoms with E-state index < -0.39 is 19.9 Å². The molecule has 0 saturated carbocycles. The van der Waals surface area contributed by atoms with Gasteiger partial charge in [0.15, 0.2) is 9.84 Å². The van der Waals surface area contributed by atoms with Gasteiger partial charge in [-0.15, -0.1) is 0 Å². The first-order valence-corrected chi connectivity index (χ1v) is 11.1. The van der Waals surface area contributed by atoms with E-state index in [2.05, 4.69) is 16.5 Å². The van der Waals surface area contributed by atoms with Crippen LogP contribution >= 0.6 is 0 Å². The molecule has 23 heavy (non-hydrogen) atoms. The molecule has 0 bridgehead atoms. The minimum atomic E-state index is -3.84. The normalized spacial score (nSPS) is 18.2. The second-order valence-electron chi connectivity index (χ2n) is 6.14. The fraction of sp³-hybridized carbons (Fsp3) is 0.600. The molecule has 1 aliphatic heterocycles. The van der Waals surface area contributed by atoms with Crippen LogP contribution in [0, 0.1) is 5.92 Å². The van der Waals surface area contributed by atoms with Crippen LogP contribution in [-0.2, 0) is 19.9 Å². The smallest absolute Gasteiger partial charge is 0.241 e. The zero-order chi connectivity index (χ0) is 17.1. The summed E-state index contributed by atoms with van der Waals surface area (Å²) in [4.78, 5) is 1.87. The first-order valence-electron chi connectivity index (χ1n) is 7.71. The number of rotatable bonds is 6. The molecule has 1 saturated heterocycles. The molecule has 0 radical (unpaired) electrons. The zero-order valence-electron chi connectivity index (χ0n) is 13.5. The molecule has 0 amide bonds. The summed E-state index contributed by atoms with van der Waals surface area (Å²) in [5.74, 6) is 0.726. The lowest BCUT2D eigenvalue weighted by atomic mass is 9.99. The molecule has 0 spiro atoms. The van der Waals surface area contributed by atoms with Crippen molar-refractivity contribution >= 4 is 19.9 Å². The molecule has 1 aromatic rings. The van der Waals surface area contributed by atoms with Gasteiger partial charge in [-0.1, -0.05) is 19.1 Å². The van der Waals surface area contributed by atoms with Crippen LogP contribution in [-0.4, -0.2) is 54.2 Å². The van der Waals surface area contributed by atoms with Crippen molar-refractivity contribution in [2.24, 2.45) is 5.92 Å². The van der Waals surface area contributed by atoms with E-state index in [4.69, 9.17) is 0 Å². The maximum Gasteiger partial charge on any atom is 0.241 e. The molecule has 1 aromatic carbocycles. The van der Waals surface area contributed by atoms with E-state index in [9.17, 15) is 16.8 Å². The Morgan fingerprint density at radius 2 is 1.65 bits per heavy atom. The van der Waals surface area contributed by atoms with Gasteiger partial charge in [-0.3, -0.25) is 0 Å². The topological polar surface area (TPSA) is 83.6 Å². The predicted molar refractivity (Wildman–Crippen MR) is 89.6 cm³/mol. The van der Waals surface area contributed by atoms with Crippen LogP contribution in [0.3, 0.4) is 0 Å². The summed E-state index contributed by atoms with van der Waals surface area (Å²) in [5, 5.41) is 0. The number of hydrogen-bond acceptors (Lipinski definition) is 5. The van der Waals surface area contributed by atoms with Gasteiger partial charge >= 0.3 is 0 Å². The van der Waals surface area contributed by atoms with Crippen molar-refractivity contribution in [3.63, 3.8) is 0 Å². The highest BCUT2D eigenvalue weighted by Crippen LogP contribution is 2.20. The van der Waals surface area contributed by atoms with Crippen molar-refractivity contribution in [3.8, 4) is 0 Å². The van der Waals surface area contributed by atoms with Crippen LogP contribution in [0.15, 0.2) is 34.1 Å². The van der Waals surface area contributed by atoms with E-state index in [0.717, 1.165) is 38.1 Å². The maximum atomic E-state index is 12.4. The first-order chi connectivity index (χ1) is 10.7. The number of sulfone groups is 1. The third kappa shape index (κ3) is 5.00. The summed E-state index contributed by atoms with van der Waals surface area (Å²) >= 11 is 0. The number of nitrogens with one attached hydrogen (secondary N) is 1. The highest BCUT2D eigenvalue weighted by atomic mass is 32.2. The lowest BCUT2D eigenvalue weighted by Crippen LogP contribution is -2.39. The quantitative estimate of drug-likeness (QED) is 0.821. The fourth-order valence-electron chi connectivity index (χ4n) is 2.68. The molecule has 1 fully saturated rings. The molecule has 6 nitrogen and oxygen atoms in total. The van der Waals surface area contributed by atoms with Crippen molar-refractivity contribution in [1.29, 1.82) is 0 Å². The summed E-state index contributed by atoms with van der Waals surface area (Å²) in [5.41, 5.74) is 0. The summed E-state index contributed by atoms with van der Waals surface area (Å²) in [6.07, 6.45) is 3.27. The molecular weight excluding hydrogens is 336 g/mol. The monoisotopic (exact) mass is 360 g/mol. The Morgan fingerprint density at radius 1 is 1.09 bits per heavy atom. The first kappa shape index (κ1) is 18.4. The van der Waals surface area contributed by atoms with Crippen LogP contribution in [0.1, 0.15) is 19.8 Å². The Hall–Kier alpha value is -0.960. The molecule has 0 aliphatic carbocycles. The van der Waals surface area contributed by atoms with Crippen LogP contribution in [0.2, 0.25) is 0 Å². The largest absolute Gasteiger partial charge is 0.302 e. The third-order valence-electron chi connectivity index (χ3n) is 4.13. The molecule has 1 heterocycles. The van der Waals surface area contributed by atoms with Gasteiger partial charge in [-0.2, -0.15) is 0 Å². The lowest BCUT2D eigenvalue weighted by molar-refractivity contribution is 0.195. The van der Waals surface area contributed by atoms with Gasteiger partial charge in [0.25, 0.3) is 0 Å².